The van der Waals surface area contributed by atoms with E-state index >= 15 is 4.39 Å². The number of hydrogen-bond acceptors (Lipinski definition) is 2. The van der Waals surface area contributed by atoms with Crippen molar-refractivity contribution in [1.29, 1.82) is 0 Å². The number of carbonyl (C=O) groups is 1. The van der Waals surface area contributed by atoms with Crippen LogP contribution in [-0.2, 0) is 0 Å². The van der Waals surface area contributed by atoms with Gasteiger partial charge in [0.1, 0.15) is 11.6 Å². The molecule has 1 heterocycles. The van der Waals surface area contributed by atoms with E-state index in [9.17, 15) is 4.79 Å². The Bertz CT molecular complexity index is 841. The van der Waals surface area contributed by atoms with Crippen LogP contribution in [0.2, 0.25) is 0 Å². The first-order chi connectivity index (χ1) is 14.5. The van der Waals surface area contributed by atoms with Gasteiger partial charge in [-0.05, 0) is 92.6 Å². The van der Waals surface area contributed by atoms with Crippen LogP contribution < -0.4 is 4.74 Å². The average Bonchev–Trinajstić information content (AvgIpc) is 3.17. The van der Waals surface area contributed by atoms with Crippen molar-refractivity contribution in [3.05, 3.63) is 29.1 Å². The summed E-state index contributed by atoms with van der Waals surface area (Å²) in [5.41, 5.74) is 1.51. The fraction of sp³-hybridized carbons (Fsp3) is 0.731. The predicted octanol–water partition coefficient (Wildman–Crippen LogP) is 5.78. The highest BCUT2D eigenvalue weighted by molar-refractivity contribution is 5.95. The Balaban J connectivity index is 1.22. The number of likely N-dealkylation sites (tertiary alicyclic amines) is 1. The molecule has 2 atom stereocenters. The average molecular weight is 412 g/mol. The van der Waals surface area contributed by atoms with Gasteiger partial charge in [-0.1, -0.05) is 13.3 Å². The largest absolute Gasteiger partial charge is 0.493 e. The number of rotatable bonds is 5. The number of hydrogen-bond donors (Lipinski definition) is 0. The van der Waals surface area contributed by atoms with Gasteiger partial charge in [0.2, 0.25) is 0 Å². The van der Waals surface area contributed by atoms with E-state index in [0.29, 0.717) is 18.3 Å². The predicted molar refractivity (Wildman–Crippen MR) is 114 cm³/mol. The third-order valence-electron chi connectivity index (χ3n) is 9.20. The van der Waals surface area contributed by atoms with Gasteiger partial charge in [-0.3, -0.25) is 4.79 Å². The number of benzene rings is 1. The quantitative estimate of drug-likeness (QED) is 0.615. The molecule has 5 aliphatic rings. The van der Waals surface area contributed by atoms with Crippen LogP contribution in [0.5, 0.6) is 5.75 Å². The second-order valence-corrected chi connectivity index (χ2v) is 11.3. The Hall–Kier alpha value is -1.58. The molecule has 4 saturated carbocycles. The molecule has 0 spiro atoms. The summed E-state index contributed by atoms with van der Waals surface area (Å²) in [6.45, 7) is 4.55. The lowest BCUT2D eigenvalue weighted by Gasteiger charge is -2.65. The van der Waals surface area contributed by atoms with Crippen molar-refractivity contribution in [2.45, 2.75) is 70.6 Å². The summed E-state index contributed by atoms with van der Waals surface area (Å²) in [6.07, 6.45) is 10.8. The number of ether oxygens (including phenoxy) is 1. The maximum atomic E-state index is 15.0. The number of carbonyl (C=O) groups excluding carboxylic acids is 1. The molecule has 162 valence electrons. The summed E-state index contributed by atoms with van der Waals surface area (Å²) in [6, 6.07) is 3.35. The zero-order valence-electron chi connectivity index (χ0n) is 18.2. The molecular weight excluding hydrogens is 377 g/mol. The van der Waals surface area contributed by atoms with Crippen LogP contribution in [0.3, 0.4) is 0 Å². The second-order valence-electron chi connectivity index (χ2n) is 11.3. The molecule has 1 aliphatic heterocycles. The van der Waals surface area contributed by atoms with E-state index in [4.69, 9.17) is 4.74 Å². The van der Waals surface area contributed by atoms with E-state index in [2.05, 4.69) is 6.92 Å². The van der Waals surface area contributed by atoms with Gasteiger partial charge in [-0.2, -0.15) is 0 Å². The molecule has 1 amide bonds. The third-order valence-corrected chi connectivity index (χ3v) is 9.20. The first kappa shape index (κ1) is 19.1. The van der Waals surface area contributed by atoms with Gasteiger partial charge in [-0.25, -0.2) is 4.39 Å². The van der Waals surface area contributed by atoms with Crippen molar-refractivity contribution in [2.75, 3.05) is 19.7 Å². The monoisotopic (exact) mass is 411 g/mol. The SMILES string of the molecule is CC1(COc2cc(F)c(C(=O)N3CCCC3)cc2C2CCC2)CC2CC3CC(C1)C32. The van der Waals surface area contributed by atoms with E-state index in [1.807, 2.05) is 6.07 Å². The lowest BCUT2D eigenvalue weighted by Crippen LogP contribution is -2.58. The Morgan fingerprint density at radius 2 is 1.80 bits per heavy atom. The summed E-state index contributed by atoms with van der Waals surface area (Å²) in [7, 11) is 0. The van der Waals surface area contributed by atoms with Gasteiger partial charge in [0.15, 0.2) is 0 Å². The van der Waals surface area contributed by atoms with Crippen LogP contribution in [0.25, 0.3) is 0 Å². The van der Waals surface area contributed by atoms with Crippen LogP contribution in [0.15, 0.2) is 12.1 Å². The molecule has 1 saturated heterocycles. The fourth-order valence-corrected chi connectivity index (χ4v) is 7.41. The van der Waals surface area contributed by atoms with E-state index in [1.165, 1.54) is 38.2 Å². The van der Waals surface area contributed by atoms with Crippen molar-refractivity contribution in [3.63, 3.8) is 0 Å². The minimum Gasteiger partial charge on any atom is -0.493 e. The van der Waals surface area contributed by atoms with Crippen molar-refractivity contribution in [2.24, 2.45) is 29.1 Å². The van der Waals surface area contributed by atoms with Crippen molar-refractivity contribution >= 4 is 5.91 Å². The lowest BCUT2D eigenvalue weighted by molar-refractivity contribution is -0.163. The van der Waals surface area contributed by atoms with Crippen molar-refractivity contribution in [1.82, 2.24) is 4.90 Å². The maximum absolute atomic E-state index is 15.0. The molecule has 1 aromatic carbocycles. The number of halogens is 1. The van der Waals surface area contributed by atoms with Crippen molar-refractivity contribution in [3.8, 4) is 5.75 Å². The van der Waals surface area contributed by atoms with Gasteiger partial charge >= 0.3 is 0 Å². The smallest absolute Gasteiger partial charge is 0.256 e. The minimum absolute atomic E-state index is 0.146. The molecule has 30 heavy (non-hydrogen) atoms. The fourth-order valence-electron chi connectivity index (χ4n) is 7.41. The normalized spacial score (nSPS) is 37.1. The maximum Gasteiger partial charge on any atom is 0.256 e. The van der Waals surface area contributed by atoms with Crippen LogP contribution in [0.4, 0.5) is 4.39 Å². The molecule has 2 unspecified atom stereocenters. The molecule has 4 aliphatic carbocycles. The molecule has 0 N–H and O–H groups in total. The summed E-state index contributed by atoms with van der Waals surface area (Å²) in [5, 5.41) is 0. The van der Waals surface area contributed by atoms with Gasteiger partial charge in [0, 0.05) is 24.6 Å². The number of nitrogens with zero attached hydrogens (tertiary/aromatic N) is 1. The molecular formula is C26H34FNO2. The zero-order chi connectivity index (χ0) is 20.5. The highest BCUT2D eigenvalue weighted by atomic mass is 19.1. The molecule has 0 aromatic heterocycles. The van der Waals surface area contributed by atoms with Gasteiger partial charge < -0.3 is 9.64 Å². The van der Waals surface area contributed by atoms with E-state index < -0.39 is 5.82 Å². The summed E-state index contributed by atoms with van der Waals surface area (Å²) in [4.78, 5) is 14.7. The van der Waals surface area contributed by atoms with E-state index in [0.717, 1.165) is 68.0 Å². The highest BCUT2D eigenvalue weighted by Gasteiger charge is 2.59. The van der Waals surface area contributed by atoms with Crippen LogP contribution in [0, 0.1) is 34.9 Å². The zero-order valence-corrected chi connectivity index (χ0v) is 18.2. The van der Waals surface area contributed by atoms with Crippen LogP contribution in [-0.4, -0.2) is 30.5 Å². The van der Waals surface area contributed by atoms with E-state index in [-0.39, 0.29) is 16.9 Å². The summed E-state index contributed by atoms with van der Waals surface area (Å²) >= 11 is 0. The van der Waals surface area contributed by atoms with Crippen molar-refractivity contribution < 1.29 is 13.9 Å². The lowest BCUT2D eigenvalue weighted by atomic mass is 9.40. The molecule has 0 bridgehead atoms. The standard InChI is InChI=1S/C26H34FNO2/c1-26(13-18-9-17-10-19(14-26)24(17)18)15-30-23-12-22(27)21(11-20(23)16-5-4-6-16)25(29)28-7-2-3-8-28/h11-12,16-19,24H,2-10,13-15H2,1H3. The van der Waals surface area contributed by atoms with Gasteiger partial charge in [0.25, 0.3) is 5.91 Å². The van der Waals surface area contributed by atoms with Gasteiger partial charge in [-0.15, -0.1) is 0 Å². The first-order valence-corrected chi connectivity index (χ1v) is 12.3. The molecule has 1 aromatic rings. The summed E-state index contributed by atoms with van der Waals surface area (Å²) in [5.74, 6) is 4.39. The van der Waals surface area contributed by atoms with Gasteiger partial charge in [0.05, 0.1) is 12.2 Å². The molecule has 5 fully saturated rings. The molecule has 0 radical (unpaired) electrons. The Kier molecular flexibility index (Phi) is 4.44. The minimum atomic E-state index is -0.417. The summed E-state index contributed by atoms with van der Waals surface area (Å²) < 4.78 is 21.4. The van der Waals surface area contributed by atoms with E-state index in [1.54, 1.807) is 4.90 Å². The molecule has 6 rings (SSSR count). The molecule has 4 heteroatoms. The number of amides is 1. The molecule has 3 nitrogen and oxygen atoms in total. The topological polar surface area (TPSA) is 29.5 Å². The Morgan fingerprint density at radius 1 is 1.10 bits per heavy atom. The highest BCUT2D eigenvalue weighted by Crippen LogP contribution is 2.67. The Labute approximate surface area is 179 Å². The second kappa shape index (κ2) is 6.97. The van der Waals surface area contributed by atoms with Crippen LogP contribution in [0.1, 0.15) is 86.6 Å². The third kappa shape index (κ3) is 3.00. The van der Waals surface area contributed by atoms with Crippen LogP contribution >= 0.6 is 0 Å². The first-order valence-electron chi connectivity index (χ1n) is 12.3. The Morgan fingerprint density at radius 3 is 2.40 bits per heavy atom.